The number of carbonyl (C=O) groups excluding carboxylic acids is 1. The molecule has 1 saturated heterocycles. The molecule has 3 N–H and O–H groups in total. The highest BCUT2D eigenvalue weighted by molar-refractivity contribution is 7.89. The Balaban J connectivity index is 1.06. The van der Waals surface area contributed by atoms with Crippen molar-refractivity contribution >= 4 is 15.9 Å². The number of nitrogens with zero attached hydrogens (tertiary/aromatic N) is 1. The first kappa shape index (κ1) is 34.8. The standard InChI is InChI=1S/C34H40F4N4O4S/c1-23(24-2-10-28(35)11-3-24)40-33(43)27-4-12-29(13-5-27)41-47(44,45)31-16-8-26(9-17-31)25-6-14-30(15-7-25)46-21-20-42-19-18-39-32(22-42)34(36,37)38/h2-3,6-11,14-17,23,27,29,32,39,41H,4-5,12-13,18-22H2,1H3,(H,40,43)/t23-,27?,29?,32?/m1/s1. The molecular weight excluding hydrogens is 636 g/mol. The van der Waals surface area contributed by atoms with Gasteiger partial charge in [0.2, 0.25) is 15.9 Å². The van der Waals surface area contributed by atoms with Gasteiger partial charge < -0.3 is 15.4 Å². The van der Waals surface area contributed by atoms with E-state index < -0.39 is 22.2 Å². The molecule has 3 aromatic carbocycles. The highest BCUT2D eigenvalue weighted by atomic mass is 32.2. The summed E-state index contributed by atoms with van der Waals surface area (Å²) in [5, 5.41) is 5.48. The van der Waals surface area contributed by atoms with Crippen molar-refractivity contribution in [2.45, 2.75) is 61.8 Å². The normalized spacial score (nSPS) is 21.6. The van der Waals surface area contributed by atoms with Gasteiger partial charge in [-0.1, -0.05) is 36.4 Å². The Morgan fingerprint density at radius 3 is 2.19 bits per heavy atom. The van der Waals surface area contributed by atoms with Gasteiger partial charge in [0.1, 0.15) is 24.2 Å². The average Bonchev–Trinajstić information content (AvgIpc) is 3.05. The fourth-order valence-corrected chi connectivity index (χ4v) is 7.33. The van der Waals surface area contributed by atoms with Crippen LogP contribution in [0, 0.1) is 11.7 Å². The molecule has 0 spiro atoms. The number of hydrogen-bond acceptors (Lipinski definition) is 6. The molecule has 254 valence electrons. The van der Waals surface area contributed by atoms with Crippen LogP contribution in [0.4, 0.5) is 17.6 Å². The first-order valence-electron chi connectivity index (χ1n) is 15.8. The molecule has 2 fully saturated rings. The Labute approximate surface area is 272 Å². The molecule has 0 radical (unpaired) electrons. The van der Waals surface area contributed by atoms with Crippen molar-refractivity contribution in [3.05, 3.63) is 84.2 Å². The second-order valence-corrected chi connectivity index (χ2v) is 13.9. The quantitative estimate of drug-likeness (QED) is 0.235. The number of alkyl halides is 3. The van der Waals surface area contributed by atoms with Crippen LogP contribution in [-0.4, -0.2) is 70.3 Å². The number of hydrogen-bond donors (Lipinski definition) is 3. The number of benzene rings is 3. The van der Waals surface area contributed by atoms with Gasteiger partial charge in [0.25, 0.3) is 0 Å². The van der Waals surface area contributed by atoms with Gasteiger partial charge in [0.05, 0.1) is 10.9 Å². The minimum Gasteiger partial charge on any atom is -0.492 e. The Hall–Kier alpha value is -3.52. The molecule has 47 heavy (non-hydrogen) atoms. The van der Waals surface area contributed by atoms with Crippen LogP contribution in [0.1, 0.15) is 44.2 Å². The fourth-order valence-electron chi connectivity index (χ4n) is 6.02. The van der Waals surface area contributed by atoms with E-state index in [2.05, 4.69) is 15.4 Å². The zero-order valence-corrected chi connectivity index (χ0v) is 26.9. The topological polar surface area (TPSA) is 99.8 Å². The fraction of sp³-hybridized carbons (Fsp3) is 0.441. The third-order valence-corrected chi connectivity index (χ3v) is 10.4. The predicted molar refractivity (Wildman–Crippen MR) is 171 cm³/mol. The molecule has 8 nitrogen and oxygen atoms in total. The lowest BCUT2D eigenvalue weighted by molar-refractivity contribution is -0.164. The molecule has 1 amide bonds. The number of piperazine rings is 1. The summed E-state index contributed by atoms with van der Waals surface area (Å²) in [5.41, 5.74) is 2.48. The van der Waals surface area contributed by atoms with Crippen molar-refractivity contribution in [3.8, 4) is 16.9 Å². The zero-order valence-electron chi connectivity index (χ0n) is 26.1. The monoisotopic (exact) mass is 676 g/mol. The maximum absolute atomic E-state index is 13.2. The van der Waals surface area contributed by atoms with Crippen molar-refractivity contribution in [1.82, 2.24) is 20.3 Å². The number of halogens is 4. The summed E-state index contributed by atoms with van der Waals surface area (Å²) in [7, 11) is -3.76. The Morgan fingerprint density at radius 1 is 0.957 bits per heavy atom. The smallest absolute Gasteiger partial charge is 0.405 e. The summed E-state index contributed by atoms with van der Waals surface area (Å²) in [6.07, 6.45) is -2.08. The number of ether oxygens (including phenoxy) is 1. The van der Waals surface area contributed by atoms with Gasteiger partial charge in [0.15, 0.2) is 0 Å². The van der Waals surface area contributed by atoms with Crippen molar-refractivity contribution in [2.75, 3.05) is 32.8 Å². The third kappa shape index (κ3) is 9.53. The predicted octanol–water partition coefficient (Wildman–Crippen LogP) is 5.42. The summed E-state index contributed by atoms with van der Waals surface area (Å²) >= 11 is 0. The number of amides is 1. The van der Waals surface area contributed by atoms with E-state index in [4.69, 9.17) is 4.74 Å². The highest BCUT2D eigenvalue weighted by Gasteiger charge is 2.41. The average molecular weight is 677 g/mol. The van der Waals surface area contributed by atoms with E-state index in [0.717, 1.165) is 16.7 Å². The van der Waals surface area contributed by atoms with Crippen molar-refractivity contribution in [3.63, 3.8) is 0 Å². The lowest BCUT2D eigenvalue weighted by Crippen LogP contribution is -2.57. The molecule has 5 rings (SSSR count). The Morgan fingerprint density at radius 2 is 1.57 bits per heavy atom. The summed E-state index contributed by atoms with van der Waals surface area (Å²) in [4.78, 5) is 14.7. The van der Waals surface area contributed by atoms with Crippen LogP contribution < -0.4 is 20.1 Å². The largest absolute Gasteiger partial charge is 0.492 e. The molecular formula is C34H40F4N4O4S. The molecule has 1 saturated carbocycles. The molecule has 0 bridgehead atoms. The first-order chi connectivity index (χ1) is 22.4. The van der Waals surface area contributed by atoms with E-state index in [9.17, 15) is 30.8 Å². The number of sulfonamides is 1. The van der Waals surface area contributed by atoms with Crippen LogP contribution in [0.25, 0.3) is 11.1 Å². The van der Waals surface area contributed by atoms with Gasteiger partial charge in [-0.3, -0.25) is 9.69 Å². The van der Waals surface area contributed by atoms with E-state index in [1.807, 2.05) is 19.1 Å². The minimum atomic E-state index is -4.27. The highest BCUT2D eigenvalue weighted by Crippen LogP contribution is 2.28. The van der Waals surface area contributed by atoms with Gasteiger partial charge in [-0.2, -0.15) is 13.2 Å². The SMILES string of the molecule is C[C@@H](NC(=O)C1CCC(NS(=O)(=O)c2ccc(-c3ccc(OCCN4CCNC(C(F)(F)F)C4)cc3)cc2)CC1)c1ccc(F)cc1. The summed E-state index contributed by atoms with van der Waals surface area (Å²) in [6, 6.07) is 17.8. The Kier molecular flexibility index (Phi) is 11.2. The maximum Gasteiger partial charge on any atom is 0.405 e. The van der Waals surface area contributed by atoms with Gasteiger partial charge in [-0.25, -0.2) is 17.5 Å². The number of rotatable bonds is 11. The van der Waals surface area contributed by atoms with Crippen LogP contribution in [0.5, 0.6) is 5.75 Å². The maximum atomic E-state index is 13.2. The zero-order chi connectivity index (χ0) is 33.6. The molecule has 1 aliphatic heterocycles. The lowest BCUT2D eigenvalue weighted by atomic mass is 9.85. The summed E-state index contributed by atoms with van der Waals surface area (Å²) < 4.78 is 87.0. The van der Waals surface area contributed by atoms with Crippen LogP contribution >= 0.6 is 0 Å². The number of carbonyl (C=O) groups is 1. The van der Waals surface area contributed by atoms with Crippen molar-refractivity contribution in [1.29, 1.82) is 0 Å². The van der Waals surface area contributed by atoms with E-state index in [1.54, 1.807) is 53.4 Å². The molecule has 3 aromatic rings. The molecule has 13 heteroatoms. The van der Waals surface area contributed by atoms with Crippen molar-refractivity contribution < 1.29 is 35.5 Å². The van der Waals surface area contributed by atoms with E-state index in [0.29, 0.717) is 44.5 Å². The van der Waals surface area contributed by atoms with Crippen molar-refractivity contribution in [2.24, 2.45) is 5.92 Å². The second kappa shape index (κ2) is 15.1. The molecule has 2 aliphatic rings. The molecule has 1 heterocycles. The number of nitrogens with one attached hydrogen (secondary N) is 3. The lowest BCUT2D eigenvalue weighted by Gasteiger charge is -2.34. The van der Waals surface area contributed by atoms with E-state index in [1.165, 1.54) is 12.1 Å². The van der Waals surface area contributed by atoms with Crippen LogP contribution in [0.3, 0.4) is 0 Å². The summed E-state index contributed by atoms with van der Waals surface area (Å²) in [6.45, 7) is 3.18. The third-order valence-electron chi connectivity index (χ3n) is 8.83. The van der Waals surface area contributed by atoms with Gasteiger partial charge in [-0.15, -0.1) is 0 Å². The second-order valence-electron chi connectivity index (χ2n) is 12.2. The van der Waals surface area contributed by atoms with Gasteiger partial charge in [0, 0.05) is 38.1 Å². The minimum absolute atomic E-state index is 0.0870. The Bertz CT molecular complexity index is 1580. The van der Waals surface area contributed by atoms with E-state index >= 15 is 0 Å². The molecule has 0 aromatic heterocycles. The van der Waals surface area contributed by atoms with Gasteiger partial charge in [-0.05, 0) is 85.7 Å². The van der Waals surface area contributed by atoms with E-state index in [-0.39, 0.29) is 54.3 Å². The van der Waals surface area contributed by atoms with Gasteiger partial charge >= 0.3 is 6.18 Å². The van der Waals surface area contributed by atoms with Crippen LogP contribution in [0.2, 0.25) is 0 Å². The van der Waals surface area contributed by atoms with Crippen LogP contribution in [-0.2, 0) is 14.8 Å². The first-order valence-corrected chi connectivity index (χ1v) is 17.3. The summed E-state index contributed by atoms with van der Waals surface area (Å²) in [5.74, 6) is -0.0448. The molecule has 1 unspecified atom stereocenters. The molecule has 2 atom stereocenters. The molecule has 1 aliphatic carbocycles. The van der Waals surface area contributed by atoms with Crippen LogP contribution in [0.15, 0.2) is 77.7 Å².